The maximum absolute atomic E-state index is 12.1. The molecular formula is C32H60O16Si. The van der Waals surface area contributed by atoms with Crippen molar-refractivity contribution in [2.45, 2.75) is 103 Å². The number of unbranched alkanes of at least 4 members (excludes halogenated alkanes) is 8. The number of carbonyl (C=O) groups is 4. The Bertz CT molecular complexity index is 697. The molecule has 0 aliphatic heterocycles. The van der Waals surface area contributed by atoms with E-state index in [0.29, 0.717) is 77.0 Å². The number of esters is 4. The van der Waals surface area contributed by atoms with Crippen LogP contribution in [0.2, 0.25) is 0 Å². The first-order valence-electron chi connectivity index (χ1n) is 17.4. The predicted octanol–water partition coefficient (Wildman–Crippen LogP) is 1.87. The van der Waals surface area contributed by atoms with Crippen LogP contribution in [0.5, 0.6) is 0 Å². The van der Waals surface area contributed by atoms with Gasteiger partial charge in [-0.1, -0.05) is 25.7 Å². The Hall–Kier alpha value is -2.22. The standard InChI is InChI=1S/C32H60O16Si/c33-17-9-1-5-13-29(37)41-21-25-45-49(46-26-22-42-30(38)14-6-2-10-18-34,47-27-23-43-31(39)15-7-3-11-19-35)48-28-24-44-32(40)16-8-4-12-20-36/h33-36H,1-28H2. The highest BCUT2D eigenvalue weighted by molar-refractivity contribution is 6.53. The van der Waals surface area contributed by atoms with Crippen molar-refractivity contribution in [3.63, 3.8) is 0 Å². The van der Waals surface area contributed by atoms with Gasteiger partial charge in [-0.25, -0.2) is 0 Å². The second kappa shape index (κ2) is 34.2. The molecule has 49 heavy (non-hydrogen) atoms. The van der Waals surface area contributed by atoms with E-state index in [9.17, 15) is 19.2 Å². The molecule has 0 rings (SSSR count). The maximum atomic E-state index is 12.1. The summed E-state index contributed by atoms with van der Waals surface area (Å²) in [6, 6.07) is 0. The number of aliphatic hydroxyl groups is 4. The van der Waals surface area contributed by atoms with Crippen LogP contribution >= 0.6 is 0 Å². The van der Waals surface area contributed by atoms with Crippen LogP contribution in [0, 0.1) is 0 Å². The summed E-state index contributed by atoms with van der Waals surface area (Å²) in [6.07, 6.45) is 8.05. The van der Waals surface area contributed by atoms with Gasteiger partial charge in [-0.2, -0.15) is 0 Å². The molecule has 0 aliphatic rings. The number of hydrogen-bond acceptors (Lipinski definition) is 16. The fourth-order valence-electron chi connectivity index (χ4n) is 4.06. The van der Waals surface area contributed by atoms with Crippen molar-refractivity contribution < 1.29 is 76.3 Å². The largest absolute Gasteiger partial charge is 0.680 e. The minimum absolute atomic E-state index is 0.0487. The van der Waals surface area contributed by atoms with Gasteiger partial charge in [-0.3, -0.25) is 19.2 Å². The lowest BCUT2D eigenvalue weighted by Crippen LogP contribution is -2.51. The fourth-order valence-corrected chi connectivity index (χ4v) is 5.89. The minimum atomic E-state index is -4.10. The van der Waals surface area contributed by atoms with E-state index in [2.05, 4.69) is 0 Å². The Labute approximate surface area is 291 Å². The molecule has 0 aromatic carbocycles. The quantitative estimate of drug-likeness (QED) is 0.0313. The number of hydrogen-bond donors (Lipinski definition) is 4. The van der Waals surface area contributed by atoms with E-state index >= 15 is 0 Å². The lowest BCUT2D eigenvalue weighted by atomic mass is 10.2. The van der Waals surface area contributed by atoms with Crippen LogP contribution in [-0.2, 0) is 55.8 Å². The van der Waals surface area contributed by atoms with Crippen LogP contribution in [0.4, 0.5) is 0 Å². The molecule has 0 unspecified atom stereocenters. The third-order valence-electron chi connectivity index (χ3n) is 6.66. The van der Waals surface area contributed by atoms with Gasteiger partial charge >= 0.3 is 32.9 Å². The van der Waals surface area contributed by atoms with Crippen LogP contribution in [0.3, 0.4) is 0 Å². The van der Waals surface area contributed by atoms with Crippen LogP contribution in [0.25, 0.3) is 0 Å². The summed E-state index contributed by atoms with van der Waals surface area (Å²) in [4.78, 5) is 48.3. The van der Waals surface area contributed by atoms with E-state index in [4.69, 9.17) is 57.1 Å². The highest BCUT2D eigenvalue weighted by atomic mass is 28.4. The Morgan fingerprint density at radius 2 is 0.551 bits per heavy atom. The highest BCUT2D eigenvalue weighted by Crippen LogP contribution is 2.14. The maximum Gasteiger partial charge on any atom is 0.680 e. The van der Waals surface area contributed by atoms with Crippen molar-refractivity contribution >= 4 is 32.9 Å². The smallest absolute Gasteiger partial charge is 0.463 e. The van der Waals surface area contributed by atoms with Crippen LogP contribution in [0.1, 0.15) is 103 Å². The van der Waals surface area contributed by atoms with Crippen LogP contribution < -0.4 is 0 Å². The highest BCUT2D eigenvalue weighted by Gasteiger charge is 2.46. The normalized spacial score (nSPS) is 11.3. The fraction of sp³-hybridized carbons (Fsp3) is 0.875. The van der Waals surface area contributed by atoms with Gasteiger partial charge in [0.15, 0.2) is 0 Å². The molecule has 4 N–H and O–H groups in total. The van der Waals surface area contributed by atoms with Crippen molar-refractivity contribution in [1.29, 1.82) is 0 Å². The summed E-state index contributed by atoms with van der Waals surface area (Å²) >= 11 is 0. The molecule has 0 atom stereocenters. The molecular weight excluding hydrogens is 668 g/mol. The summed E-state index contributed by atoms with van der Waals surface area (Å²) in [6.45, 7) is -1.17. The van der Waals surface area contributed by atoms with Crippen molar-refractivity contribution in [2.75, 3.05) is 79.3 Å². The molecule has 0 saturated carbocycles. The third kappa shape index (κ3) is 30.3. The van der Waals surface area contributed by atoms with Crippen molar-refractivity contribution in [3.8, 4) is 0 Å². The molecule has 0 bridgehead atoms. The van der Waals surface area contributed by atoms with Crippen molar-refractivity contribution in [1.82, 2.24) is 0 Å². The third-order valence-corrected chi connectivity index (χ3v) is 8.89. The second-order valence-corrected chi connectivity index (χ2v) is 13.1. The Kier molecular flexibility index (Phi) is 32.7. The number of rotatable bonds is 36. The molecule has 0 aliphatic carbocycles. The Morgan fingerprint density at radius 3 is 0.755 bits per heavy atom. The predicted molar refractivity (Wildman–Crippen MR) is 176 cm³/mol. The van der Waals surface area contributed by atoms with Crippen LogP contribution in [-0.4, -0.2) is 133 Å². The molecule has 16 nitrogen and oxygen atoms in total. The summed E-state index contributed by atoms with van der Waals surface area (Å²) in [5, 5.41) is 35.6. The van der Waals surface area contributed by atoms with Gasteiger partial charge in [0.1, 0.15) is 26.4 Å². The van der Waals surface area contributed by atoms with Crippen molar-refractivity contribution in [2.24, 2.45) is 0 Å². The lowest BCUT2D eigenvalue weighted by Gasteiger charge is -2.28. The first-order chi connectivity index (χ1) is 23.8. The minimum Gasteiger partial charge on any atom is -0.463 e. The molecule has 288 valence electrons. The summed E-state index contributed by atoms with van der Waals surface area (Å²) in [5.41, 5.74) is 0. The molecule has 17 heteroatoms. The van der Waals surface area contributed by atoms with E-state index in [1.165, 1.54) is 0 Å². The molecule has 0 heterocycles. The van der Waals surface area contributed by atoms with E-state index in [1.54, 1.807) is 0 Å². The average Bonchev–Trinajstić information content (AvgIpc) is 3.09. The molecule has 0 aromatic heterocycles. The van der Waals surface area contributed by atoms with E-state index < -0.39 is 32.9 Å². The number of aliphatic hydroxyl groups excluding tert-OH is 4. The molecule has 0 spiro atoms. The zero-order valence-electron chi connectivity index (χ0n) is 29.0. The number of carbonyl (C=O) groups excluding carboxylic acids is 4. The van der Waals surface area contributed by atoms with Gasteiger partial charge in [0.2, 0.25) is 0 Å². The van der Waals surface area contributed by atoms with Gasteiger partial charge in [0.05, 0.1) is 26.4 Å². The van der Waals surface area contributed by atoms with E-state index in [-0.39, 0.29) is 105 Å². The molecule has 0 amide bonds. The van der Waals surface area contributed by atoms with Gasteiger partial charge in [-0.15, -0.1) is 0 Å². The van der Waals surface area contributed by atoms with Gasteiger partial charge in [0.25, 0.3) is 0 Å². The number of ether oxygens (including phenoxy) is 4. The van der Waals surface area contributed by atoms with Gasteiger partial charge in [-0.05, 0) is 51.4 Å². The zero-order valence-corrected chi connectivity index (χ0v) is 30.0. The Morgan fingerprint density at radius 1 is 0.327 bits per heavy atom. The SMILES string of the molecule is O=C(CCCCCO)OCCO[Si](OCCOC(=O)CCCCCO)(OCCOC(=O)CCCCCO)OCCOC(=O)CCCCCO. The summed E-state index contributed by atoms with van der Waals surface area (Å²) < 4.78 is 44.5. The molecule has 0 saturated heterocycles. The van der Waals surface area contributed by atoms with E-state index in [0.717, 1.165) is 0 Å². The average molecular weight is 729 g/mol. The van der Waals surface area contributed by atoms with E-state index in [1.807, 2.05) is 0 Å². The van der Waals surface area contributed by atoms with Crippen LogP contribution in [0.15, 0.2) is 0 Å². The lowest BCUT2D eigenvalue weighted by molar-refractivity contribution is -0.147. The second-order valence-electron chi connectivity index (χ2n) is 10.9. The van der Waals surface area contributed by atoms with Gasteiger partial charge < -0.3 is 57.1 Å². The van der Waals surface area contributed by atoms with Crippen molar-refractivity contribution in [3.05, 3.63) is 0 Å². The summed E-state index contributed by atoms with van der Waals surface area (Å²) in [5.74, 6) is -1.78. The monoisotopic (exact) mass is 728 g/mol. The first kappa shape index (κ1) is 46.8. The molecule has 0 aromatic rings. The van der Waals surface area contributed by atoms with Gasteiger partial charge in [0, 0.05) is 52.1 Å². The molecule has 0 radical (unpaired) electrons. The topological polar surface area (TPSA) is 223 Å². The Balaban J connectivity index is 5.31. The first-order valence-corrected chi connectivity index (χ1v) is 19.1. The zero-order chi connectivity index (χ0) is 36.3. The molecule has 0 fully saturated rings. The summed E-state index contributed by atoms with van der Waals surface area (Å²) in [7, 11) is -4.10.